The molecule has 0 fully saturated rings. The van der Waals surface area contributed by atoms with Crippen molar-refractivity contribution in [2.75, 3.05) is 24.4 Å². The number of halogens is 1. The van der Waals surface area contributed by atoms with Crippen LogP contribution in [0.4, 0.5) is 10.1 Å². The third-order valence-corrected chi connectivity index (χ3v) is 4.91. The Morgan fingerprint density at radius 3 is 2.56 bits per heavy atom. The van der Waals surface area contributed by atoms with Crippen molar-refractivity contribution in [2.45, 2.75) is 19.1 Å². The van der Waals surface area contributed by atoms with E-state index < -0.39 is 21.1 Å². The summed E-state index contributed by atoms with van der Waals surface area (Å²) in [6, 6.07) is 5.84. The second-order valence-electron chi connectivity index (χ2n) is 4.08. The van der Waals surface area contributed by atoms with Gasteiger partial charge in [-0.05, 0) is 25.6 Å². The molecule has 0 aromatic heterocycles. The van der Waals surface area contributed by atoms with Crippen LogP contribution in [0, 0.1) is 5.82 Å². The van der Waals surface area contributed by atoms with Crippen molar-refractivity contribution >= 4 is 15.7 Å². The number of para-hydroxylation sites is 1. The molecule has 1 atom stereocenters. The van der Waals surface area contributed by atoms with Crippen LogP contribution in [0.15, 0.2) is 24.3 Å². The first-order valence-electron chi connectivity index (χ1n) is 5.84. The minimum Gasteiger partial charge on any atom is -0.316 e. The van der Waals surface area contributed by atoms with E-state index in [1.165, 1.54) is 25.2 Å². The zero-order chi connectivity index (χ0) is 13.8. The number of nitrogens with one attached hydrogen (secondary N) is 1. The van der Waals surface area contributed by atoms with Crippen molar-refractivity contribution < 1.29 is 12.8 Å². The zero-order valence-corrected chi connectivity index (χ0v) is 11.7. The van der Waals surface area contributed by atoms with Gasteiger partial charge >= 0.3 is 0 Å². The van der Waals surface area contributed by atoms with E-state index in [1.807, 2.05) is 6.92 Å². The van der Waals surface area contributed by atoms with E-state index in [0.29, 0.717) is 13.1 Å². The van der Waals surface area contributed by atoms with Crippen LogP contribution in [0.2, 0.25) is 0 Å². The molecule has 1 aromatic carbocycles. The van der Waals surface area contributed by atoms with Crippen molar-refractivity contribution in [2.24, 2.45) is 0 Å². The fraction of sp³-hybridized carbons (Fsp3) is 0.500. The summed E-state index contributed by atoms with van der Waals surface area (Å²) in [4.78, 5) is 0. The van der Waals surface area contributed by atoms with Gasteiger partial charge in [0.2, 0.25) is 10.0 Å². The van der Waals surface area contributed by atoms with Gasteiger partial charge in [0.1, 0.15) is 5.82 Å². The zero-order valence-electron chi connectivity index (χ0n) is 10.9. The number of benzene rings is 1. The van der Waals surface area contributed by atoms with Gasteiger partial charge in [0.05, 0.1) is 10.9 Å². The Bertz CT molecular complexity index is 491. The summed E-state index contributed by atoms with van der Waals surface area (Å²) >= 11 is 0. The van der Waals surface area contributed by atoms with Gasteiger partial charge in [-0.15, -0.1) is 0 Å². The molecular formula is C12H19FN2O2S. The Hall–Kier alpha value is -1.14. The summed E-state index contributed by atoms with van der Waals surface area (Å²) in [6.45, 7) is 4.55. The van der Waals surface area contributed by atoms with Gasteiger partial charge in [0, 0.05) is 13.6 Å². The molecule has 6 heteroatoms. The number of rotatable bonds is 6. The quantitative estimate of drug-likeness (QED) is 0.857. The summed E-state index contributed by atoms with van der Waals surface area (Å²) in [7, 11) is -2.18. The van der Waals surface area contributed by atoms with Gasteiger partial charge in [0.15, 0.2) is 0 Å². The van der Waals surface area contributed by atoms with Gasteiger partial charge in [-0.1, -0.05) is 19.1 Å². The van der Waals surface area contributed by atoms with Crippen LogP contribution in [0.25, 0.3) is 0 Å². The number of hydrogen-bond donors (Lipinski definition) is 1. The highest BCUT2D eigenvalue weighted by molar-refractivity contribution is 7.93. The van der Waals surface area contributed by atoms with Crippen LogP contribution in [0.5, 0.6) is 0 Å². The summed E-state index contributed by atoms with van der Waals surface area (Å²) in [5, 5.41) is 2.37. The first-order valence-corrected chi connectivity index (χ1v) is 7.34. The molecule has 0 spiro atoms. The molecule has 0 saturated carbocycles. The van der Waals surface area contributed by atoms with Gasteiger partial charge in [0.25, 0.3) is 0 Å². The average molecular weight is 274 g/mol. The smallest absolute Gasteiger partial charge is 0.238 e. The lowest BCUT2D eigenvalue weighted by Crippen LogP contribution is -2.40. The molecule has 18 heavy (non-hydrogen) atoms. The molecule has 4 nitrogen and oxygen atoms in total. The van der Waals surface area contributed by atoms with Crippen LogP contribution < -0.4 is 9.62 Å². The number of nitrogens with zero attached hydrogens (tertiary/aromatic N) is 1. The van der Waals surface area contributed by atoms with E-state index >= 15 is 0 Å². The van der Waals surface area contributed by atoms with Crippen LogP contribution in [0.3, 0.4) is 0 Å². The average Bonchev–Trinajstić information content (AvgIpc) is 2.35. The molecule has 0 radical (unpaired) electrons. The highest BCUT2D eigenvalue weighted by Gasteiger charge is 2.27. The molecule has 1 rings (SSSR count). The summed E-state index contributed by atoms with van der Waals surface area (Å²) in [5.74, 6) is -0.542. The Kier molecular flexibility index (Phi) is 5.10. The SMILES string of the molecule is CCNCC(C)S(=O)(=O)N(C)c1ccccc1F. The van der Waals surface area contributed by atoms with Gasteiger partial charge < -0.3 is 5.32 Å². The molecule has 0 aliphatic heterocycles. The molecule has 0 amide bonds. The monoisotopic (exact) mass is 274 g/mol. The molecule has 0 saturated heterocycles. The second-order valence-corrected chi connectivity index (χ2v) is 6.46. The maximum atomic E-state index is 13.6. The first kappa shape index (κ1) is 14.9. The largest absolute Gasteiger partial charge is 0.316 e. The lowest BCUT2D eigenvalue weighted by atomic mass is 10.3. The second kappa shape index (κ2) is 6.15. The molecule has 1 aromatic rings. The lowest BCUT2D eigenvalue weighted by molar-refractivity contribution is 0.569. The van der Waals surface area contributed by atoms with E-state index in [1.54, 1.807) is 13.0 Å². The van der Waals surface area contributed by atoms with E-state index in [9.17, 15) is 12.8 Å². The normalized spacial score (nSPS) is 13.3. The van der Waals surface area contributed by atoms with Crippen LogP contribution in [-0.2, 0) is 10.0 Å². The molecule has 1 unspecified atom stereocenters. The van der Waals surface area contributed by atoms with E-state index in [4.69, 9.17) is 0 Å². The topological polar surface area (TPSA) is 49.4 Å². The van der Waals surface area contributed by atoms with Crippen LogP contribution >= 0.6 is 0 Å². The van der Waals surface area contributed by atoms with Crippen LogP contribution in [-0.4, -0.2) is 33.8 Å². The van der Waals surface area contributed by atoms with Gasteiger partial charge in [-0.3, -0.25) is 4.31 Å². The highest BCUT2D eigenvalue weighted by atomic mass is 32.2. The minimum atomic E-state index is -3.56. The Labute approximate surface area is 108 Å². The summed E-state index contributed by atoms with van der Waals surface area (Å²) < 4.78 is 39.0. The molecule has 1 N–H and O–H groups in total. The van der Waals surface area contributed by atoms with Crippen LogP contribution in [0.1, 0.15) is 13.8 Å². The predicted octanol–water partition coefficient (Wildman–Crippen LogP) is 1.59. The van der Waals surface area contributed by atoms with Gasteiger partial charge in [-0.2, -0.15) is 0 Å². The fourth-order valence-corrected chi connectivity index (χ4v) is 2.86. The third kappa shape index (κ3) is 3.20. The number of sulfonamides is 1. The molecule has 0 aliphatic rings. The standard InChI is InChI=1S/C12H19FN2O2S/c1-4-14-9-10(2)18(16,17)15(3)12-8-6-5-7-11(12)13/h5-8,10,14H,4,9H2,1-3H3. The summed E-state index contributed by atoms with van der Waals surface area (Å²) in [6.07, 6.45) is 0. The molecule has 102 valence electrons. The van der Waals surface area contributed by atoms with Crippen molar-refractivity contribution in [3.05, 3.63) is 30.1 Å². The molecular weight excluding hydrogens is 255 g/mol. The van der Waals surface area contributed by atoms with E-state index in [0.717, 1.165) is 4.31 Å². The fourth-order valence-electron chi connectivity index (χ4n) is 1.57. The maximum absolute atomic E-state index is 13.6. The van der Waals surface area contributed by atoms with Crippen molar-refractivity contribution in [3.8, 4) is 0 Å². The van der Waals surface area contributed by atoms with Crippen molar-refractivity contribution in [3.63, 3.8) is 0 Å². The predicted molar refractivity (Wildman–Crippen MR) is 71.7 cm³/mol. The maximum Gasteiger partial charge on any atom is 0.238 e. The van der Waals surface area contributed by atoms with E-state index in [2.05, 4.69) is 5.32 Å². The molecule has 0 bridgehead atoms. The Balaban J connectivity index is 2.95. The highest BCUT2D eigenvalue weighted by Crippen LogP contribution is 2.21. The number of anilines is 1. The number of hydrogen-bond acceptors (Lipinski definition) is 3. The molecule has 0 heterocycles. The summed E-state index contributed by atoms with van der Waals surface area (Å²) in [5.41, 5.74) is 0.0702. The first-order chi connectivity index (χ1) is 8.41. The van der Waals surface area contributed by atoms with Crippen molar-refractivity contribution in [1.82, 2.24) is 5.32 Å². The Morgan fingerprint density at radius 2 is 2.00 bits per heavy atom. The third-order valence-electron chi connectivity index (χ3n) is 2.76. The lowest BCUT2D eigenvalue weighted by Gasteiger charge is -2.24. The minimum absolute atomic E-state index is 0.0702. The Morgan fingerprint density at radius 1 is 1.39 bits per heavy atom. The molecule has 0 aliphatic carbocycles. The van der Waals surface area contributed by atoms with E-state index in [-0.39, 0.29) is 5.69 Å². The van der Waals surface area contributed by atoms with Gasteiger partial charge in [-0.25, -0.2) is 12.8 Å². The van der Waals surface area contributed by atoms with Crippen molar-refractivity contribution in [1.29, 1.82) is 0 Å².